The Labute approximate surface area is 85.0 Å². The molecule has 13 heavy (non-hydrogen) atoms. The van der Waals surface area contributed by atoms with Crippen LogP contribution < -0.4 is 4.74 Å². The maximum Gasteiger partial charge on any atom is 0.140 e. The van der Waals surface area contributed by atoms with E-state index in [1.807, 2.05) is 13.8 Å². The molecule has 0 aromatic heterocycles. The molecular weight excluding hydrogens is 235 g/mol. The third kappa shape index (κ3) is 1.26. The van der Waals surface area contributed by atoms with Crippen LogP contribution in [0.4, 0.5) is 4.39 Å². The topological polar surface area (TPSA) is 9.23 Å². The van der Waals surface area contributed by atoms with Gasteiger partial charge >= 0.3 is 0 Å². The van der Waals surface area contributed by atoms with Gasteiger partial charge in [-0.25, -0.2) is 4.39 Å². The van der Waals surface area contributed by atoms with Crippen molar-refractivity contribution in [2.45, 2.75) is 19.3 Å². The molecule has 0 amide bonds. The van der Waals surface area contributed by atoms with Crippen molar-refractivity contribution in [3.8, 4) is 5.75 Å². The summed E-state index contributed by atoms with van der Waals surface area (Å²) in [5.41, 5.74) is 0.463. The predicted octanol–water partition coefficient (Wildman–Crippen LogP) is 3.26. The van der Waals surface area contributed by atoms with Gasteiger partial charge in [-0.05, 0) is 28.1 Å². The van der Waals surface area contributed by atoms with Crippen LogP contribution in [-0.4, -0.2) is 6.61 Å². The molecule has 0 saturated carbocycles. The Kier molecular flexibility index (Phi) is 1.88. The van der Waals surface area contributed by atoms with Gasteiger partial charge in [-0.2, -0.15) is 0 Å². The molecule has 1 aliphatic rings. The van der Waals surface area contributed by atoms with Crippen LogP contribution >= 0.6 is 15.9 Å². The second-order valence-electron chi connectivity index (χ2n) is 3.91. The van der Waals surface area contributed by atoms with Crippen LogP contribution in [0, 0.1) is 5.82 Å². The van der Waals surface area contributed by atoms with E-state index in [9.17, 15) is 4.39 Å². The lowest BCUT2D eigenvalue weighted by atomic mass is 9.87. The van der Waals surface area contributed by atoms with Crippen LogP contribution in [0.1, 0.15) is 19.4 Å². The summed E-state index contributed by atoms with van der Waals surface area (Å²) in [5, 5.41) is 0. The molecule has 0 radical (unpaired) electrons. The second-order valence-corrected chi connectivity index (χ2v) is 4.76. The van der Waals surface area contributed by atoms with Gasteiger partial charge in [0.2, 0.25) is 0 Å². The molecule has 0 atom stereocenters. The van der Waals surface area contributed by atoms with Gasteiger partial charge in [0.25, 0.3) is 0 Å². The maximum atomic E-state index is 13.5. The first kappa shape index (κ1) is 9.00. The van der Waals surface area contributed by atoms with Gasteiger partial charge in [-0.1, -0.05) is 13.8 Å². The average molecular weight is 245 g/mol. The van der Waals surface area contributed by atoms with E-state index in [4.69, 9.17) is 4.74 Å². The molecule has 1 aromatic carbocycles. The molecule has 0 bridgehead atoms. The van der Waals surface area contributed by atoms with E-state index in [0.717, 1.165) is 4.47 Å². The van der Waals surface area contributed by atoms with Crippen LogP contribution in [0.25, 0.3) is 0 Å². The summed E-state index contributed by atoms with van der Waals surface area (Å²) in [5.74, 6) is 0.478. The molecular formula is C10H10BrFO. The number of hydrogen-bond donors (Lipinski definition) is 0. The Morgan fingerprint density at radius 2 is 2.15 bits per heavy atom. The normalized spacial score (nSPS) is 18.2. The van der Waals surface area contributed by atoms with E-state index < -0.39 is 0 Å². The van der Waals surface area contributed by atoms with Gasteiger partial charge in [-0.3, -0.25) is 0 Å². The summed E-state index contributed by atoms with van der Waals surface area (Å²) in [6, 6.07) is 3.15. The molecule has 2 rings (SSSR count). The maximum absolute atomic E-state index is 13.5. The van der Waals surface area contributed by atoms with E-state index in [-0.39, 0.29) is 11.2 Å². The lowest BCUT2D eigenvalue weighted by Crippen LogP contribution is -2.19. The van der Waals surface area contributed by atoms with Crippen LogP contribution in [-0.2, 0) is 5.41 Å². The number of rotatable bonds is 0. The Balaban J connectivity index is 2.70. The monoisotopic (exact) mass is 244 g/mol. The number of ether oxygens (including phenoxy) is 1. The molecule has 1 heterocycles. The molecule has 0 spiro atoms. The van der Waals surface area contributed by atoms with E-state index >= 15 is 0 Å². The summed E-state index contributed by atoms with van der Waals surface area (Å²) in [4.78, 5) is 0. The Morgan fingerprint density at radius 3 is 2.77 bits per heavy atom. The van der Waals surface area contributed by atoms with Gasteiger partial charge in [0.05, 0.1) is 11.1 Å². The highest BCUT2D eigenvalue weighted by Gasteiger charge is 2.35. The number of hydrogen-bond acceptors (Lipinski definition) is 1. The van der Waals surface area contributed by atoms with Gasteiger partial charge in [-0.15, -0.1) is 0 Å². The Hall–Kier alpha value is -0.570. The largest absolute Gasteiger partial charge is 0.491 e. The fourth-order valence-corrected chi connectivity index (χ4v) is 2.07. The summed E-state index contributed by atoms with van der Waals surface area (Å²) in [6.45, 7) is 4.50. The molecule has 0 N–H and O–H groups in total. The Morgan fingerprint density at radius 1 is 1.46 bits per heavy atom. The van der Waals surface area contributed by atoms with Crippen LogP contribution in [0.15, 0.2) is 16.6 Å². The number of fused-ring (bicyclic) bond motifs is 1. The summed E-state index contributed by atoms with van der Waals surface area (Å²) in [7, 11) is 0. The molecule has 70 valence electrons. The standard InChI is InChI=1S/C10H10BrFO/c1-10(2)5-13-9-6(11)3-4-7(12)8(9)10/h3-4H,5H2,1-2H3. The molecule has 0 saturated heterocycles. The summed E-state index contributed by atoms with van der Waals surface area (Å²) < 4.78 is 19.7. The third-order valence-electron chi connectivity index (χ3n) is 2.31. The van der Waals surface area contributed by atoms with Crippen molar-refractivity contribution in [1.82, 2.24) is 0 Å². The third-order valence-corrected chi connectivity index (χ3v) is 2.94. The average Bonchev–Trinajstić information content (AvgIpc) is 2.36. The van der Waals surface area contributed by atoms with Crippen molar-refractivity contribution in [3.05, 3.63) is 28.0 Å². The summed E-state index contributed by atoms with van der Waals surface area (Å²) >= 11 is 3.34. The summed E-state index contributed by atoms with van der Waals surface area (Å²) in [6.07, 6.45) is 0. The first-order valence-electron chi connectivity index (χ1n) is 4.14. The van der Waals surface area contributed by atoms with E-state index in [2.05, 4.69) is 15.9 Å². The Bertz CT molecular complexity index is 360. The van der Waals surface area contributed by atoms with Crippen molar-refractivity contribution in [2.24, 2.45) is 0 Å². The highest BCUT2D eigenvalue weighted by Crippen LogP contribution is 2.44. The molecule has 0 unspecified atom stereocenters. The minimum absolute atomic E-state index is 0.180. The van der Waals surface area contributed by atoms with Crippen molar-refractivity contribution < 1.29 is 9.13 Å². The fraction of sp³-hybridized carbons (Fsp3) is 0.400. The highest BCUT2D eigenvalue weighted by molar-refractivity contribution is 9.10. The van der Waals surface area contributed by atoms with Gasteiger partial charge in [0, 0.05) is 11.0 Å². The minimum atomic E-state index is -0.219. The van der Waals surface area contributed by atoms with E-state index in [1.54, 1.807) is 6.07 Å². The predicted molar refractivity (Wildman–Crippen MR) is 52.6 cm³/mol. The van der Waals surface area contributed by atoms with Crippen molar-refractivity contribution in [3.63, 3.8) is 0 Å². The first-order valence-corrected chi connectivity index (χ1v) is 4.93. The molecule has 1 nitrogen and oxygen atoms in total. The number of benzene rings is 1. The molecule has 3 heteroatoms. The van der Waals surface area contributed by atoms with Gasteiger partial charge < -0.3 is 4.74 Å². The van der Waals surface area contributed by atoms with Crippen molar-refractivity contribution in [1.29, 1.82) is 0 Å². The SMILES string of the molecule is CC1(C)COc2c(Br)ccc(F)c21. The first-order chi connectivity index (χ1) is 6.02. The quantitative estimate of drug-likeness (QED) is 0.681. The van der Waals surface area contributed by atoms with E-state index in [0.29, 0.717) is 17.9 Å². The van der Waals surface area contributed by atoms with Crippen LogP contribution in [0.3, 0.4) is 0 Å². The molecule has 1 aromatic rings. The van der Waals surface area contributed by atoms with Crippen LogP contribution in [0.2, 0.25) is 0 Å². The zero-order valence-electron chi connectivity index (χ0n) is 7.53. The second kappa shape index (κ2) is 2.71. The van der Waals surface area contributed by atoms with Gasteiger partial charge in [0.1, 0.15) is 11.6 Å². The minimum Gasteiger partial charge on any atom is -0.491 e. The molecule has 0 fully saturated rings. The zero-order chi connectivity index (χ0) is 9.64. The smallest absolute Gasteiger partial charge is 0.140 e. The lowest BCUT2D eigenvalue weighted by molar-refractivity contribution is 0.289. The zero-order valence-corrected chi connectivity index (χ0v) is 9.11. The highest BCUT2D eigenvalue weighted by atomic mass is 79.9. The number of halogens is 2. The lowest BCUT2D eigenvalue weighted by Gasteiger charge is -2.15. The van der Waals surface area contributed by atoms with Crippen LogP contribution in [0.5, 0.6) is 5.75 Å². The van der Waals surface area contributed by atoms with Crippen molar-refractivity contribution >= 4 is 15.9 Å². The molecule has 0 aliphatic carbocycles. The van der Waals surface area contributed by atoms with Gasteiger partial charge in [0.15, 0.2) is 0 Å². The molecule has 1 aliphatic heterocycles. The van der Waals surface area contributed by atoms with Crippen molar-refractivity contribution in [2.75, 3.05) is 6.61 Å². The van der Waals surface area contributed by atoms with E-state index in [1.165, 1.54) is 6.07 Å². The fourth-order valence-electron chi connectivity index (χ4n) is 1.63.